The van der Waals surface area contributed by atoms with Gasteiger partial charge >= 0.3 is 0 Å². The van der Waals surface area contributed by atoms with Gasteiger partial charge in [0, 0.05) is 0 Å². The summed E-state index contributed by atoms with van der Waals surface area (Å²) in [4.78, 5) is 0. The summed E-state index contributed by atoms with van der Waals surface area (Å²) >= 11 is 0. The normalized spacial score (nSPS) is 77.3. The zero-order valence-corrected chi connectivity index (χ0v) is 8.90. The van der Waals surface area contributed by atoms with Gasteiger partial charge in [-0.1, -0.05) is 20.8 Å². The molecule has 4 aliphatic carbocycles. The topological polar surface area (TPSA) is 0 Å². The third-order valence-electron chi connectivity index (χ3n) is 6.56. The van der Waals surface area contributed by atoms with Gasteiger partial charge in [0.15, 0.2) is 0 Å². The van der Waals surface area contributed by atoms with E-state index in [1.807, 2.05) is 0 Å². The van der Waals surface area contributed by atoms with Gasteiger partial charge in [0.1, 0.15) is 0 Å². The van der Waals surface area contributed by atoms with Crippen LogP contribution >= 0.6 is 0 Å². The lowest BCUT2D eigenvalue weighted by molar-refractivity contribution is -0.346. The summed E-state index contributed by atoms with van der Waals surface area (Å²) in [6, 6.07) is 0. The van der Waals surface area contributed by atoms with Crippen molar-refractivity contribution in [2.75, 3.05) is 0 Å². The van der Waals surface area contributed by atoms with E-state index in [-0.39, 0.29) is 0 Å². The molecule has 4 aliphatic rings. The Hall–Kier alpha value is 0. The molecule has 0 aromatic carbocycles. The van der Waals surface area contributed by atoms with Gasteiger partial charge in [-0.3, -0.25) is 0 Å². The van der Waals surface area contributed by atoms with Crippen LogP contribution in [0.4, 0.5) is 0 Å². The first-order valence-electron chi connectivity index (χ1n) is 6.22. The van der Waals surface area contributed by atoms with Crippen molar-refractivity contribution in [3.8, 4) is 0 Å². The highest BCUT2D eigenvalue weighted by Gasteiger charge is 2.76. The van der Waals surface area contributed by atoms with Gasteiger partial charge in [-0.25, -0.2) is 0 Å². The van der Waals surface area contributed by atoms with Gasteiger partial charge in [-0.15, -0.1) is 0 Å². The lowest BCUT2D eigenvalue weighted by atomic mass is 9.23. The molecular formula is C13H20. The van der Waals surface area contributed by atoms with Crippen LogP contribution in [0.2, 0.25) is 0 Å². The maximum absolute atomic E-state index is 2.50. The fourth-order valence-electron chi connectivity index (χ4n) is 5.83. The second-order valence-corrected chi connectivity index (χ2v) is 6.48. The van der Waals surface area contributed by atoms with Gasteiger partial charge in [0.05, 0.1) is 0 Å². The predicted octanol–water partition coefficient (Wildman–Crippen LogP) is 3.04. The minimum Gasteiger partial charge on any atom is -0.0622 e. The summed E-state index contributed by atoms with van der Waals surface area (Å²) in [5, 5.41) is 0. The van der Waals surface area contributed by atoms with Gasteiger partial charge in [-0.2, -0.15) is 0 Å². The minimum absolute atomic E-state index is 1.07. The molecule has 13 heavy (non-hydrogen) atoms. The van der Waals surface area contributed by atoms with Crippen molar-refractivity contribution in [3.05, 3.63) is 0 Å². The van der Waals surface area contributed by atoms with Gasteiger partial charge in [-0.05, 0) is 59.7 Å². The second kappa shape index (κ2) is 1.85. The van der Waals surface area contributed by atoms with E-state index in [1.54, 1.807) is 6.42 Å². The largest absolute Gasteiger partial charge is 0.0622 e. The Balaban J connectivity index is 1.60. The zero-order valence-electron chi connectivity index (χ0n) is 8.90. The molecule has 0 aliphatic heterocycles. The van der Waals surface area contributed by atoms with Gasteiger partial charge in [0.25, 0.3) is 0 Å². The molecule has 4 saturated carbocycles. The molecule has 9 unspecified atom stereocenters. The van der Waals surface area contributed by atoms with Crippen LogP contribution in [0.5, 0.6) is 0 Å². The number of hydrogen-bond acceptors (Lipinski definition) is 0. The van der Waals surface area contributed by atoms with E-state index in [1.165, 1.54) is 35.5 Å². The predicted molar refractivity (Wildman–Crippen MR) is 53.0 cm³/mol. The third-order valence-corrected chi connectivity index (χ3v) is 6.56. The third kappa shape index (κ3) is 0.521. The van der Waals surface area contributed by atoms with Crippen LogP contribution in [0.1, 0.15) is 27.2 Å². The monoisotopic (exact) mass is 176 g/mol. The Morgan fingerprint density at radius 1 is 0.692 bits per heavy atom. The smallest absolute Gasteiger partial charge is 0.0313 e. The van der Waals surface area contributed by atoms with Gasteiger partial charge in [0.2, 0.25) is 0 Å². The van der Waals surface area contributed by atoms with Crippen molar-refractivity contribution in [1.82, 2.24) is 0 Å². The molecular weight excluding hydrogens is 156 g/mol. The first kappa shape index (κ1) is 7.31. The van der Waals surface area contributed by atoms with E-state index >= 15 is 0 Å². The highest BCUT2D eigenvalue weighted by Crippen LogP contribution is 2.80. The molecule has 0 spiro atoms. The van der Waals surface area contributed by atoms with Crippen LogP contribution in [0.15, 0.2) is 0 Å². The quantitative estimate of drug-likeness (QED) is 0.532. The fourth-order valence-corrected chi connectivity index (χ4v) is 5.83. The summed E-state index contributed by atoms with van der Waals surface area (Å²) in [7, 11) is 0. The lowest BCUT2D eigenvalue weighted by Gasteiger charge is -2.82. The van der Waals surface area contributed by atoms with Crippen molar-refractivity contribution in [1.29, 1.82) is 0 Å². The van der Waals surface area contributed by atoms with E-state index in [0.717, 1.165) is 17.8 Å². The molecule has 0 heterocycles. The molecule has 4 fully saturated rings. The number of rotatable bonds is 0. The van der Waals surface area contributed by atoms with Crippen LogP contribution in [0.25, 0.3) is 0 Å². The number of hydrogen-bond donors (Lipinski definition) is 0. The lowest BCUT2D eigenvalue weighted by Crippen LogP contribution is -2.78. The Morgan fingerprint density at radius 3 is 1.92 bits per heavy atom. The average molecular weight is 176 g/mol. The fraction of sp³-hybridized carbons (Fsp3) is 1.00. The Bertz CT molecular complexity index is 263. The summed E-state index contributed by atoms with van der Waals surface area (Å²) in [5.74, 6) is 10.4. The van der Waals surface area contributed by atoms with Crippen molar-refractivity contribution < 1.29 is 0 Å². The molecule has 0 nitrogen and oxygen atoms in total. The molecule has 0 heteroatoms. The van der Waals surface area contributed by atoms with Crippen molar-refractivity contribution in [3.63, 3.8) is 0 Å². The molecule has 4 rings (SSSR count). The Kier molecular flexibility index (Phi) is 1.04. The maximum Gasteiger partial charge on any atom is -0.0313 e. The minimum atomic E-state index is 1.07. The Morgan fingerprint density at radius 2 is 1.31 bits per heavy atom. The second-order valence-electron chi connectivity index (χ2n) is 6.48. The summed E-state index contributed by atoms with van der Waals surface area (Å²) in [6.07, 6.45) is 1.58. The first-order chi connectivity index (χ1) is 6.22. The van der Waals surface area contributed by atoms with Crippen LogP contribution < -0.4 is 0 Å². The highest BCUT2D eigenvalue weighted by atomic mass is 14.8. The van der Waals surface area contributed by atoms with E-state index < -0.39 is 0 Å². The Labute approximate surface area is 81.1 Å². The SMILES string of the molecule is CC1CC2C1C1C3C(C)C(C)C3C21. The average Bonchev–Trinajstić information content (AvgIpc) is 2.09. The summed E-state index contributed by atoms with van der Waals surface area (Å²) < 4.78 is 0. The van der Waals surface area contributed by atoms with Crippen LogP contribution in [-0.4, -0.2) is 0 Å². The van der Waals surface area contributed by atoms with E-state index in [9.17, 15) is 0 Å². The van der Waals surface area contributed by atoms with E-state index in [4.69, 9.17) is 0 Å². The standard InChI is InChI=1S/C13H20/c1-5-4-8-9(5)13-11-7(3)6(2)10(11)12(8)13/h5-13H,4H2,1-3H3. The molecule has 72 valence electrons. The molecule has 9 atom stereocenters. The van der Waals surface area contributed by atoms with Crippen LogP contribution in [-0.2, 0) is 0 Å². The van der Waals surface area contributed by atoms with Crippen molar-refractivity contribution >= 4 is 0 Å². The molecule has 0 aromatic heterocycles. The first-order valence-corrected chi connectivity index (χ1v) is 6.22. The molecule has 0 radical (unpaired) electrons. The van der Waals surface area contributed by atoms with Crippen molar-refractivity contribution in [2.45, 2.75) is 27.2 Å². The summed E-state index contributed by atoms with van der Waals surface area (Å²) in [5.41, 5.74) is 0. The maximum atomic E-state index is 2.50. The summed E-state index contributed by atoms with van der Waals surface area (Å²) in [6.45, 7) is 7.48. The zero-order chi connectivity index (χ0) is 8.90. The molecule has 0 saturated heterocycles. The van der Waals surface area contributed by atoms with Crippen LogP contribution in [0.3, 0.4) is 0 Å². The molecule has 0 amide bonds. The van der Waals surface area contributed by atoms with E-state index in [2.05, 4.69) is 20.8 Å². The molecule has 0 N–H and O–H groups in total. The van der Waals surface area contributed by atoms with Gasteiger partial charge < -0.3 is 0 Å². The highest BCUT2D eigenvalue weighted by molar-refractivity contribution is 5.23. The van der Waals surface area contributed by atoms with E-state index in [0.29, 0.717) is 0 Å². The van der Waals surface area contributed by atoms with Crippen LogP contribution in [0, 0.1) is 53.3 Å². The molecule has 0 bridgehead atoms. The van der Waals surface area contributed by atoms with Crippen molar-refractivity contribution in [2.24, 2.45) is 53.3 Å². The number of fused-ring (bicyclic) bond motifs is 7. The molecule has 0 aromatic rings.